The lowest BCUT2D eigenvalue weighted by atomic mass is 10.1. The van der Waals surface area contributed by atoms with Crippen molar-refractivity contribution in [2.75, 3.05) is 0 Å². The second kappa shape index (κ2) is 3.81. The summed E-state index contributed by atoms with van der Waals surface area (Å²) in [6.45, 7) is 1.93. The lowest BCUT2D eigenvalue weighted by Gasteiger charge is -1.99. The quantitative estimate of drug-likeness (QED) is 0.658. The Morgan fingerprint density at radius 1 is 1.17 bits per heavy atom. The van der Waals surface area contributed by atoms with Crippen LogP contribution in [0.3, 0.4) is 0 Å². The first-order chi connectivity index (χ1) is 5.72. The molecular weight excluding hydrogens is 152 g/mol. The van der Waals surface area contributed by atoms with Crippen molar-refractivity contribution in [3.8, 4) is 11.5 Å². The molecule has 2 nitrogen and oxygen atoms in total. The van der Waals surface area contributed by atoms with Crippen LogP contribution in [0.4, 0.5) is 0 Å². The van der Waals surface area contributed by atoms with E-state index in [1.807, 2.05) is 19.1 Å². The van der Waals surface area contributed by atoms with Crippen molar-refractivity contribution < 1.29 is 10.2 Å². The van der Waals surface area contributed by atoms with Gasteiger partial charge >= 0.3 is 0 Å². The van der Waals surface area contributed by atoms with E-state index in [4.69, 9.17) is 10.2 Å². The molecular formula is C10H12O2. The predicted octanol–water partition coefficient (Wildman–Crippen LogP) is 2.22. The Balaban J connectivity index is 2.85. The fraction of sp³-hybridized carbons (Fsp3) is 0.200. The van der Waals surface area contributed by atoms with Crippen molar-refractivity contribution in [2.24, 2.45) is 0 Å². The van der Waals surface area contributed by atoms with E-state index in [1.54, 1.807) is 12.1 Å². The number of phenolic OH excluding ortho intramolecular Hbond substituents is 2. The summed E-state index contributed by atoms with van der Waals surface area (Å²) in [7, 11) is 0. The summed E-state index contributed by atoms with van der Waals surface area (Å²) in [6, 6.07) is 4.60. The summed E-state index contributed by atoms with van der Waals surface area (Å²) in [5, 5.41) is 18.2. The van der Waals surface area contributed by atoms with E-state index in [2.05, 4.69) is 0 Å². The molecule has 0 fully saturated rings. The number of phenols is 2. The van der Waals surface area contributed by atoms with Gasteiger partial charge in [-0.3, -0.25) is 0 Å². The van der Waals surface area contributed by atoms with Gasteiger partial charge in [-0.2, -0.15) is 0 Å². The zero-order chi connectivity index (χ0) is 8.97. The molecule has 0 radical (unpaired) electrons. The first kappa shape index (κ1) is 8.65. The van der Waals surface area contributed by atoms with Gasteiger partial charge in [0.2, 0.25) is 0 Å². The molecule has 1 rings (SSSR count). The summed E-state index contributed by atoms with van der Waals surface area (Å²) in [6.07, 6.45) is 4.63. The van der Waals surface area contributed by atoms with E-state index >= 15 is 0 Å². The Kier molecular flexibility index (Phi) is 2.75. The van der Waals surface area contributed by atoms with Crippen LogP contribution in [0.1, 0.15) is 12.5 Å². The lowest BCUT2D eigenvalue weighted by Crippen LogP contribution is -1.79. The van der Waals surface area contributed by atoms with Crippen molar-refractivity contribution >= 4 is 0 Å². The molecule has 0 aliphatic heterocycles. The van der Waals surface area contributed by atoms with Crippen LogP contribution >= 0.6 is 0 Å². The molecule has 1 aromatic carbocycles. The van der Waals surface area contributed by atoms with Crippen molar-refractivity contribution in [1.29, 1.82) is 0 Å². The maximum absolute atomic E-state index is 9.11. The van der Waals surface area contributed by atoms with Crippen LogP contribution in [0, 0.1) is 0 Å². The van der Waals surface area contributed by atoms with Gasteiger partial charge in [0.1, 0.15) is 11.5 Å². The van der Waals surface area contributed by atoms with E-state index in [0.29, 0.717) is 0 Å². The molecule has 2 N–H and O–H groups in total. The number of hydrogen-bond acceptors (Lipinski definition) is 2. The molecule has 0 aliphatic carbocycles. The average molecular weight is 164 g/mol. The first-order valence-corrected chi connectivity index (χ1v) is 3.85. The molecule has 0 heterocycles. The van der Waals surface area contributed by atoms with Gasteiger partial charge in [-0.15, -0.1) is 0 Å². The van der Waals surface area contributed by atoms with Crippen LogP contribution in [0.2, 0.25) is 0 Å². The molecule has 12 heavy (non-hydrogen) atoms. The Bertz CT molecular complexity index is 270. The summed E-state index contributed by atoms with van der Waals surface area (Å²) in [5.74, 6) is 0.212. The number of aromatic hydroxyl groups is 2. The minimum atomic E-state index is 0.106. The van der Waals surface area contributed by atoms with Crippen LogP contribution in [0.5, 0.6) is 11.5 Å². The zero-order valence-corrected chi connectivity index (χ0v) is 6.99. The molecule has 0 aromatic heterocycles. The third kappa shape index (κ3) is 2.31. The highest BCUT2D eigenvalue weighted by Gasteiger charge is 1.96. The van der Waals surface area contributed by atoms with E-state index in [1.165, 1.54) is 6.07 Å². The van der Waals surface area contributed by atoms with E-state index < -0.39 is 0 Å². The molecule has 0 saturated carbocycles. The smallest absolute Gasteiger partial charge is 0.119 e. The van der Waals surface area contributed by atoms with Crippen LogP contribution in [-0.4, -0.2) is 10.2 Å². The molecule has 0 unspecified atom stereocenters. The number of allylic oxidation sites excluding steroid dienone is 2. The molecule has 1 aromatic rings. The van der Waals surface area contributed by atoms with E-state index in [-0.39, 0.29) is 11.5 Å². The SMILES string of the molecule is CC=CCc1cc(O)cc(O)c1. The minimum absolute atomic E-state index is 0.106. The van der Waals surface area contributed by atoms with Crippen molar-refractivity contribution in [2.45, 2.75) is 13.3 Å². The van der Waals surface area contributed by atoms with Crippen LogP contribution < -0.4 is 0 Å². The third-order valence-corrected chi connectivity index (χ3v) is 1.55. The van der Waals surface area contributed by atoms with Gasteiger partial charge in [0, 0.05) is 6.07 Å². The highest BCUT2D eigenvalue weighted by Crippen LogP contribution is 2.20. The highest BCUT2D eigenvalue weighted by molar-refractivity contribution is 5.37. The van der Waals surface area contributed by atoms with Gasteiger partial charge in [-0.25, -0.2) is 0 Å². The molecule has 0 atom stereocenters. The van der Waals surface area contributed by atoms with Crippen LogP contribution in [0.25, 0.3) is 0 Å². The molecule has 64 valence electrons. The van der Waals surface area contributed by atoms with Crippen molar-refractivity contribution in [3.63, 3.8) is 0 Å². The molecule has 2 heteroatoms. The average Bonchev–Trinajstić information content (AvgIpc) is 1.99. The van der Waals surface area contributed by atoms with Gasteiger partial charge in [-0.1, -0.05) is 12.2 Å². The summed E-state index contributed by atoms with van der Waals surface area (Å²) >= 11 is 0. The summed E-state index contributed by atoms with van der Waals surface area (Å²) < 4.78 is 0. The monoisotopic (exact) mass is 164 g/mol. The molecule has 0 amide bonds. The zero-order valence-electron chi connectivity index (χ0n) is 6.99. The van der Waals surface area contributed by atoms with Crippen molar-refractivity contribution in [1.82, 2.24) is 0 Å². The lowest BCUT2D eigenvalue weighted by molar-refractivity contribution is 0.449. The molecule has 0 bridgehead atoms. The topological polar surface area (TPSA) is 40.5 Å². The Labute approximate surface area is 71.8 Å². The minimum Gasteiger partial charge on any atom is -0.508 e. The van der Waals surface area contributed by atoms with E-state index in [9.17, 15) is 0 Å². The maximum Gasteiger partial charge on any atom is 0.119 e. The Hall–Kier alpha value is -1.44. The Morgan fingerprint density at radius 2 is 1.75 bits per heavy atom. The number of benzene rings is 1. The molecule has 0 aliphatic rings. The molecule has 0 saturated heterocycles. The summed E-state index contributed by atoms with van der Waals surface area (Å²) in [5.41, 5.74) is 0.908. The molecule has 0 spiro atoms. The van der Waals surface area contributed by atoms with E-state index in [0.717, 1.165) is 12.0 Å². The standard InChI is InChI=1S/C10H12O2/c1-2-3-4-8-5-9(11)7-10(12)6-8/h2-3,5-7,11-12H,4H2,1H3. The van der Waals surface area contributed by atoms with Gasteiger partial charge in [0.05, 0.1) is 0 Å². The highest BCUT2D eigenvalue weighted by atomic mass is 16.3. The normalized spacial score (nSPS) is 10.8. The van der Waals surface area contributed by atoms with Gasteiger partial charge in [0.25, 0.3) is 0 Å². The third-order valence-electron chi connectivity index (χ3n) is 1.55. The fourth-order valence-electron chi connectivity index (χ4n) is 1.03. The maximum atomic E-state index is 9.11. The largest absolute Gasteiger partial charge is 0.508 e. The van der Waals surface area contributed by atoms with Gasteiger partial charge < -0.3 is 10.2 Å². The second-order valence-electron chi connectivity index (χ2n) is 2.63. The fourth-order valence-corrected chi connectivity index (χ4v) is 1.03. The predicted molar refractivity (Wildman–Crippen MR) is 48.3 cm³/mol. The Morgan fingerprint density at radius 3 is 2.25 bits per heavy atom. The van der Waals surface area contributed by atoms with Gasteiger partial charge in [0.15, 0.2) is 0 Å². The van der Waals surface area contributed by atoms with Crippen LogP contribution in [0.15, 0.2) is 30.4 Å². The van der Waals surface area contributed by atoms with Crippen LogP contribution in [-0.2, 0) is 6.42 Å². The first-order valence-electron chi connectivity index (χ1n) is 3.85. The second-order valence-corrected chi connectivity index (χ2v) is 2.63. The number of rotatable bonds is 2. The van der Waals surface area contributed by atoms with Crippen molar-refractivity contribution in [3.05, 3.63) is 35.9 Å². The summed E-state index contributed by atoms with van der Waals surface area (Å²) in [4.78, 5) is 0. The van der Waals surface area contributed by atoms with Gasteiger partial charge in [-0.05, 0) is 31.0 Å². The number of hydrogen-bond donors (Lipinski definition) is 2.